The molecule has 1 aromatic heterocycles. The number of rotatable bonds is 4. The third kappa shape index (κ3) is 2.94. The van der Waals surface area contributed by atoms with E-state index in [4.69, 9.17) is 22.2 Å². The number of nitrogens with one attached hydrogen (secondary N) is 1. The highest BCUT2D eigenvalue weighted by atomic mass is 35.5. The van der Waals surface area contributed by atoms with Crippen molar-refractivity contribution >= 4 is 17.4 Å². The third-order valence-corrected chi connectivity index (χ3v) is 3.97. The molecular formula is C15H17ClN4O. The first-order valence-electron chi connectivity index (χ1n) is 6.87. The largest absolute Gasteiger partial charge is 0.439 e. The maximum Gasteiger partial charge on any atom is 0.227 e. The Morgan fingerprint density at radius 3 is 2.67 bits per heavy atom. The number of nitrogens with two attached hydrogens (primary N) is 1. The molecule has 110 valence electrons. The minimum atomic E-state index is 0.423. The molecule has 0 bridgehead atoms. The van der Waals surface area contributed by atoms with E-state index in [1.165, 1.54) is 0 Å². The minimum Gasteiger partial charge on any atom is -0.439 e. The number of aromatic nitrogens is 2. The zero-order chi connectivity index (χ0) is 15.0. The lowest BCUT2D eigenvalue weighted by Crippen LogP contribution is -2.13. The summed E-state index contributed by atoms with van der Waals surface area (Å²) < 4.78 is 5.90. The molecule has 2 aromatic rings. The van der Waals surface area contributed by atoms with Crippen LogP contribution in [0.5, 0.6) is 11.6 Å². The average Bonchev–Trinajstić information content (AvgIpc) is 3.29. The molecule has 0 aliphatic heterocycles. The van der Waals surface area contributed by atoms with Gasteiger partial charge in [-0.15, -0.1) is 0 Å². The van der Waals surface area contributed by atoms with Crippen LogP contribution in [0.3, 0.4) is 0 Å². The SMILES string of the molecule is Cc1cc(Oc2nc(C3CC3)nc(NN)c2C)ccc1Cl. The number of hydrogen-bond donors (Lipinski definition) is 2. The van der Waals surface area contributed by atoms with E-state index in [0.717, 1.165) is 29.8 Å². The number of aryl methyl sites for hydroxylation is 1. The maximum absolute atomic E-state index is 6.03. The molecule has 0 atom stereocenters. The van der Waals surface area contributed by atoms with E-state index < -0.39 is 0 Å². The molecule has 0 unspecified atom stereocenters. The molecule has 21 heavy (non-hydrogen) atoms. The lowest BCUT2D eigenvalue weighted by Gasteiger charge is -2.13. The van der Waals surface area contributed by atoms with Gasteiger partial charge < -0.3 is 10.2 Å². The van der Waals surface area contributed by atoms with Gasteiger partial charge in [-0.3, -0.25) is 0 Å². The highest BCUT2D eigenvalue weighted by Gasteiger charge is 2.28. The van der Waals surface area contributed by atoms with E-state index in [-0.39, 0.29) is 0 Å². The predicted molar refractivity (Wildman–Crippen MR) is 82.8 cm³/mol. The van der Waals surface area contributed by atoms with Crippen molar-refractivity contribution in [2.24, 2.45) is 5.84 Å². The lowest BCUT2D eigenvalue weighted by atomic mass is 10.2. The van der Waals surface area contributed by atoms with Gasteiger partial charge in [0.15, 0.2) is 5.82 Å². The Morgan fingerprint density at radius 1 is 1.29 bits per heavy atom. The molecule has 1 fully saturated rings. The van der Waals surface area contributed by atoms with Crippen molar-refractivity contribution in [3.05, 3.63) is 40.2 Å². The molecule has 3 N–H and O–H groups in total. The predicted octanol–water partition coefficient (Wildman–Crippen LogP) is 3.70. The molecule has 5 nitrogen and oxygen atoms in total. The fraction of sp³-hybridized carbons (Fsp3) is 0.333. The van der Waals surface area contributed by atoms with Crippen LogP contribution in [0.2, 0.25) is 5.02 Å². The van der Waals surface area contributed by atoms with Gasteiger partial charge in [-0.1, -0.05) is 11.6 Å². The second-order valence-electron chi connectivity index (χ2n) is 5.29. The molecule has 3 rings (SSSR count). The van der Waals surface area contributed by atoms with E-state index in [0.29, 0.717) is 28.4 Å². The maximum atomic E-state index is 6.03. The van der Waals surface area contributed by atoms with Gasteiger partial charge >= 0.3 is 0 Å². The van der Waals surface area contributed by atoms with Crippen LogP contribution in [0.25, 0.3) is 0 Å². The molecular weight excluding hydrogens is 288 g/mol. The highest BCUT2D eigenvalue weighted by molar-refractivity contribution is 6.31. The van der Waals surface area contributed by atoms with Crippen molar-refractivity contribution in [1.29, 1.82) is 0 Å². The summed E-state index contributed by atoms with van der Waals surface area (Å²) in [4.78, 5) is 8.97. The Labute approximate surface area is 128 Å². The van der Waals surface area contributed by atoms with Gasteiger partial charge in [0.05, 0.1) is 5.56 Å². The summed E-state index contributed by atoms with van der Waals surface area (Å²) >= 11 is 6.03. The quantitative estimate of drug-likeness (QED) is 0.665. The average molecular weight is 305 g/mol. The van der Waals surface area contributed by atoms with Crippen LogP contribution in [-0.4, -0.2) is 9.97 Å². The second kappa shape index (κ2) is 5.50. The van der Waals surface area contributed by atoms with Gasteiger partial charge in [0, 0.05) is 10.9 Å². The Bertz CT molecular complexity index is 686. The summed E-state index contributed by atoms with van der Waals surface area (Å²) in [6, 6.07) is 5.52. The van der Waals surface area contributed by atoms with Gasteiger partial charge in [-0.25, -0.2) is 10.8 Å². The Kier molecular flexibility index (Phi) is 3.69. The number of hydrazine groups is 1. The monoisotopic (exact) mass is 304 g/mol. The van der Waals surface area contributed by atoms with Crippen molar-refractivity contribution in [2.75, 3.05) is 5.43 Å². The number of nitrogen functional groups attached to an aromatic ring is 1. The number of hydrogen-bond acceptors (Lipinski definition) is 5. The molecule has 1 aromatic carbocycles. The Morgan fingerprint density at radius 2 is 2.05 bits per heavy atom. The van der Waals surface area contributed by atoms with Crippen LogP contribution in [0.1, 0.15) is 35.7 Å². The minimum absolute atomic E-state index is 0.423. The summed E-state index contributed by atoms with van der Waals surface area (Å²) in [7, 11) is 0. The first-order chi connectivity index (χ1) is 10.1. The molecule has 1 aliphatic rings. The molecule has 1 heterocycles. The number of benzene rings is 1. The highest BCUT2D eigenvalue weighted by Crippen LogP contribution is 2.40. The van der Waals surface area contributed by atoms with Gasteiger partial charge in [0.1, 0.15) is 11.6 Å². The topological polar surface area (TPSA) is 73.1 Å². The van der Waals surface area contributed by atoms with Crippen molar-refractivity contribution in [2.45, 2.75) is 32.6 Å². The molecule has 0 radical (unpaired) electrons. The van der Waals surface area contributed by atoms with Gasteiger partial charge in [-0.05, 0) is 50.5 Å². The number of anilines is 1. The zero-order valence-corrected chi connectivity index (χ0v) is 12.7. The zero-order valence-electron chi connectivity index (χ0n) is 12.0. The standard InChI is InChI=1S/C15H17ClN4O/c1-8-7-11(5-6-12(8)16)21-15-9(2)13(20-17)18-14(19-15)10-3-4-10/h5-7,10H,3-4,17H2,1-2H3,(H,18,19,20). The van der Waals surface area contributed by atoms with E-state index in [9.17, 15) is 0 Å². The normalized spacial score (nSPS) is 14.1. The summed E-state index contributed by atoms with van der Waals surface area (Å²) in [6.07, 6.45) is 2.24. The van der Waals surface area contributed by atoms with Crippen LogP contribution < -0.4 is 16.0 Å². The van der Waals surface area contributed by atoms with Crippen molar-refractivity contribution in [3.8, 4) is 11.6 Å². The summed E-state index contributed by atoms with van der Waals surface area (Å²) in [5.74, 6) is 8.57. The van der Waals surface area contributed by atoms with Crippen LogP contribution in [0, 0.1) is 13.8 Å². The summed E-state index contributed by atoms with van der Waals surface area (Å²) in [5.41, 5.74) is 4.36. The van der Waals surface area contributed by atoms with Gasteiger partial charge in [0.25, 0.3) is 0 Å². The first kappa shape index (κ1) is 14.1. The smallest absolute Gasteiger partial charge is 0.227 e. The van der Waals surface area contributed by atoms with E-state index in [1.54, 1.807) is 0 Å². The lowest BCUT2D eigenvalue weighted by molar-refractivity contribution is 0.454. The van der Waals surface area contributed by atoms with Crippen LogP contribution in [0.15, 0.2) is 18.2 Å². The fourth-order valence-electron chi connectivity index (χ4n) is 2.07. The van der Waals surface area contributed by atoms with Crippen LogP contribution >= 0.6 is 11.6 Å². The Balaban J connectivity index is 1.96. The molecule has 6 heteroatoms. The molecule has 0 amide bonds. The number of nitrogens with zero attached hydrogens (tertiary/aromatic N) is 2. The number of ether oxygens (including phenoxy) is 1. The first-order valence-corrected chi connectivity index (χ1v) is 7.25. The summed E-state index contributed by atoms with van der Waals surface area (Å²) in [5, 5.41) is 0.713. The van der Waals surface area contributed by atoms with E-state index >= 15 is 0 Å². The molecule has 0 spiro atoms. The Hall–Kier alpha value is -1.85. The number of halogens is 1. The fourth-order valence-corrected chi connectivity index (χ4v) is 2.19. The molecule has 0 saturated heterocycles. The van der Waals surface area contributed by atoms with E-state index in [1.807, 2.05) is 32.0 Å². The van der Waals surface area contributed by atoms with E-state index in [2.05, 4.69) is 15.4 Å². The molecule has 1 saturated carbocycles. The van der Waals surface area contributed by atoms with Gasteiger partial charge in [-0.2, -0.15) is 4.98 Å². The van der Waals surface area contributed by atoms with Crippen molar-refractivity contribution in [3.63, 3.8) is 0 Å². The van der Waals surface area contributed by atoms with Crippen LogP contribution in [0.4, 0.5) is 5.82 Å². The van der Waals surface area contributed by atoms with Crippen LogP contribution in [-0.2, 0) is 0 Å². The second-order valence-corrected chi connectivity index (χ2v) is 5.70. The third-order valence-electron chi connectivity index (χ3n) is 3.54. The van der Waals surface area contributed by atoms with Crippen molar-refractivity contribution < 1.29 is 4.74 Å². The molecule has 1 aliphatic carbocycles. The van der Waals surface area contributed by atoms with Crippen molar-refractivity contribution in [1.82, 2.24) is 9.97 Å². The summed E-state index contributed by atoms with van der Waals surface area (Å²) in [6.45, 7) is 3.81. The van der Waals surface area contributed by atoms with Gasteiger partial charge in [0.2, 0.25) is 5.88 Å².